The maximum Gasteiger partial charge on any atom is 0.272 e. The van der Waals surface area contributed by atoms with Gasteiger partial charge in [-0.15, -0.1) is 0 Å². The van der Waals surface area contributed by atoms with E-state index in [0.29, 0.717) is 0 Å². The smallest absolute Gasteiger partial charge is 0.272 e. The number of nitrogens with zero attached hydrogens (tertiary/aromatic N) is 2. The highest BCUT2D eigenvalue weighted by molar-refractivity contribution is 5.79. The highest BCUT2D eigenvalue weighted by Gasteiger charge is 2.10. The van der Waals surface area contributed by atoms with E-state index in [-0.39, 0.29) is 28.2 Å². The van der Waals surface area contributed by atoms with Crippen molar-refractivity contribution in [2.45, 2.75) is 6.43 Å². The molecule has 1 aromatic carbocycles. The second-order valence-corrected chi connectivity index (χ2v) is 4.65. The minimum Gasteiger partial charge on any atom is -0.488 e. The average Bonchev–Trinajstić information content (AvgIpc) is 2.52. The molecule has 3 aromatic rings. The van der Waals surface area contributed by atoms with Gasteiger partial charge in [-0.05, 0) is 18.2 Å². The molecule has 0 aliphatic heterocycles. The van der Waals surface area contributed by atoms with Crippen LogP contribution in [0.25, 0.3) is 22.4 Å². The number of nitrogens with one attached hydrogen (secondary N) is 1. The molecule has 0 saturated carbocycles. The molecular formula is C15H10F3N3O2. The van der Waals surface area contributed by atoms with Gasteiger partial charge in [0.2, 0.25) is 0 Å². The van der Waals surface area contributed by atoms with E-state index in [2.05, 4.69) is 15.0 Å². The Bertz CT molecular complexity index is 912. The Balaban J connectivity index is 2.03. The van der Waals surface area contributed by atoms with Crippen LogP contribution in [0.15, 0.2) is 41.3 Å². The normalized spacial score (nSPS) is 11.1. The van der Waals surface area contributed by atoms with Crippen LogP contribution in [0.2, 0.25) is 0 Å². The zero-order valence-corrected chi connectivity index (χ0v) is 11.6. The monoisotopic (exact) mass is 321 g/mol. The molecule has 0 unspecified atom stereocenters. The van der Waals surface area contributed by atoms with Crippen LogP contribution in [0.1, 0.15) is 0 Å². The number of fused-ring (bicyclic) bond motifs is 1. The van der Waals surface area contributed by atoms with Crippen LogP contribution in [0.4, 0.5) is 13.2 Å². The second kappa shape index (κ2) is 6.07. The Morgan fingerprint density at radius 1 is 1.22 bits per heavy atom. The zero-order chi connectivity index (χ0) is 16.4. The first-order valence-corrected chi connectivity index (χ1v) is 6.60. The summed E-state index contributed by atoms with van der Waals surface area (Å²) in [6.07, 6.45) is -1.26. The van der Waals surface area contributed by atoms with Gasteiger partial charge in [-0.3, -0.25) is 9.78 Å². The largest absolute Gasteiger partial charge is 0.488 e. The van der Waals surface area contributed by atoms with Gasteiger partial charge >= 0.3 is 0 Å². The third-order valence-electron chi connectivity index (χ3n) is 3.02. The van der Waals surface area contributed by atoms with E-state index >= 15 is 0 Å². The number of alkyl halides is 2. The molecule has 5 nitrogen and oxygen atoms in total. The van der Waals surface area contributed by atoms with Crippen molar-refractivity contribution in [3.05, 3.63) is 52.7 Å². The van der Waals surface area contributed by atoms with E-state index in [4.69, 9.17) is 4.74 Å². The van der Waals surface area contributed by atoms with Crippen molar-refractivity contribution in [3.8, 4) is 17.3 Å². The molecular weight excluding hydrogens is 311 g/mol. The van der Waals surface area contributed by atoms with E-state index in [9.17, 15) is 18.0 Å². The van der Waals surface area contributed by atoms with Gasteiger partial charge in [0, 0.05) is 18.3 Å². The molecule has 0 bridgehead atoms. The molecule has 0 amide bonds. The lowest BCUT2D eigenvalue weighted by Gasteiger charge is -2.07. The minimum atomic E-state index is -2.60. The molecule has 0 spiro atoms. The summed E-state index contributed by atoms with van der Waals surface area (Å²) in [5.41, 5.74) is -0.0600. The molecule has 0 atom stereocenters. The molecule has 2 heterocycles. The lowest BCUT2D eigenvalue weighted by Crippen LogP contribution is -2.10. The molecule has 8 heteroatoms. The van der Waals surface area contributed by atoms with Crippen molar-refractivity contribution in [1.29, 1.82) is 0 Å². The maximum absolute atomic E-state index is 13.3. The summed E-state index contributed by atoms with van der Waals surface area (Å²) in [4.78, 5) is 22.7. The number of aromatic nitrogens is 3. The Morgan fingerprint density at radius 2 is 2.04 bits per heavy atom. The molecule has 1 N–H and O–H groups in total. The van der Waals surface area contributed by atoms with Crippen LogP contribution < -0.4 is 10.3 Å². The Labute approximate surface area is 127 Å². The molecule has 118 valence electrons. The molecule has 0 fully saturated rings. The van der Waals surface area contributed by atoms with Gasteiger partial charge in [-0.2, -0.15) is 0 Å². The fourth-order valence-corrected chi connectivity index (χ4v) is 2.02. The highest BCUT2D eigenvalue weighted by Crippen LogP contribution is 2.20. The molecule has 2 aromatic heterocycles. The summed E-state index contributed by atoms with van der Waals surface area (Å²) >= 11 is 0. The summed E-state index contributed by atoms with van der Waals surface area (Å²) in [7, 11) is 0. The summed E-state index contributed by atoms with van der Waals surface area (Å²) < 4.78 is 42.5. The number of ether oxygens (including phenoxy) is 1. The predicted molar refractivity (Wildman–Crippen MR) is 77.1 cm³/mol. The summed E-state index contributed by atoms with van der Waals surface area (Å²) in [5.74, 6) is -0.267. The fourth-order valence-electron chi connectivity index (χ4n) is 2.02. The lowest BCUT2D eigenvalue weighted by molar-refractivity contribution is 0.0819. The zero-order valence-electron chi connectivity index (χ0n) is 11.6. The average molecular weight is 321 g/mol. The van der Waals surface area contributed by atoms with Crippen molar-refractivity contribution in [1.82, 2.24) is 15.0 Å². The van der Waals surface area contributed by atoms with Gasteiger partial charge in [0.15, 0.2) is 5.82 Å². The lowest BCUT2D eigenvalue weighted by atomic mass is 10.2. The molecule has 0 aliphatic carbocycles. The third kappa shape index (κ3) is 3.31. The number of H-pyrrole nitrogens is 1. The van der Waals surface area contributed by atoms with Gasteiger partial charge in [-0.1, -0.05) is 0 Å². The molecule has 3 rings (SSSR count). The second-order valence-electron chi connectivity index (χ2n) is 4.65. The number of pyridine rings is 1. The van der Waals surface area contributed by atoms with Crippen LogP contribution in [-0.4, -0.2) is 28.0 Å². The van der Waals surface area contributed by atoms with Crippen LogP contribution in [0, 0.1) is 5.82 Å². The third-order valence-corrected chi connectivity index (χ3v) is 3.02. The fraction of sp³-hybridized carbons (Fsp3) is 0.133. The Kier molecular flexibility index (Phi) is 3.96. The highest BCUT2D eigenvalue weighted by atomic mass is 19.3. The number of halogens is 3. The maximum atomic E-state index is 13.3. The molecule has 0 radical (unpaired) electrons. The topological polar surface area (TPSA) is 67.9 Å². The number of rotatable bonds is 4. The van der Waals surface area contributed by atoms with E-state index in [1.54, 1.807) is 0 Å². The van der Waals surface area contributed by atoms with Crippen LogP contribution in [0.5, 0.6) is 5.75 Å². The summed E-state index contributed by atoms with van der Waals surface area (Å²) in [5, 5.41) is 0.236. The van der Waals surface area contributed by atoms with Crippen molar-refractivity contribution < 1.29 is 17.9 Å². The standard InChI is InChI=1S/C15H10F3N3O2/c16-8-1-2-10-11(5-8)20-14(21-15(10)22)12-6-9(3-4-19-12)23-7-13(17)18/h1-6,13H,7H2,(H,20,21,22). The quantitative estimate of drug-likeness (QED) is 0.802. The number of benzene rings is 1. The van der Waals surface area contributed by atoms with Crippen molar-refractivity contribution in [3.63, 3.8) is 0 Å². The van der Waals surface area contributed by atoms with E-state index in [1.165, 1.54) is 24.4 Å². The first-order valence-electron chi connectivity index (χ1n) is 6.60. The molecule has 23 heavy (non-hydrogen) atoms. The SMILES string of the molecule is O=c1[nH]c(-c2cc(OCC(F)F)ccn2)nc2cc(F)ccc12. The molecule has 0 aliphatic rings. The van der Waals surface area contributed by atoms with Gasteiger partial charge in [0.25, 0.3) is 12.0 Å². The van der Waals surface area contributed by atoms with Gasteiger partial charge in [0.1, 0.15) is 23.9 Å². The molecule has 0 saturated heterocycles. The summed E-state index contributed by atoms with van der Waals surface area (Å²) in [6.45, 7) is -0.754. The van der Waals surface area contributed by atoms with Crippen molar-refractivity contribution >= 4 is 10.9 Å². The van der Waals surface area contributed by atoms with E-state index < -0.39 is 24.4 Å². The van der Waals surface area contributed by atoms with Crippen LogP contribution in [-0.2, 0) is 0 Å². The van der Waals surface area contributed by atoms with Gasteiger partial charge < -0.3 is 9.72 Å². The van der Waals surface area contributed by atoms with Crippen LogP contribution >= 0.6 is 0 Å². The van der Waals surface area contributed by atoms with Crippen molar-refractivity contribution in [2.75, 3.05) is 6.61 Å². The number of hydrogen-bond acceptors (Lipinski definition) is 4. The first kappa shape index (κ1) is 15.0. The number of hydrogen-bond donors (Lipinski definition) is 1. The Hall–Kier alpha value is -2.90. The Morgan fingerprint density at radius 3 is 2.83 bits per heavy atom. The predicted octanol–water partition coefficient (Wildman–Crippen LogP) is 2.77. The van der Waals surface area contributed by atoms with Crippen LogP contribution in [0.3, 0.4) is 0 Å². The van der Waals surface area contributed by atoms with Gasteiger partial charge in [0.05, 0.1) is 10.9 Å². The van der Waals surface area contributed by atoms with E-state index in [0.717, 1.165) is 12.1 Å². The summed E-state index contributed by atoms with van der Waals surface area (Å²) in [6, 6.07) is 6.40. The van der Waals surface area contributed by atoms with E-state index in [1.807, 2.05) is 0 Å². The van der Waals surface area contributed by atoms with Crippen molar-refractivity contribution in [2.24, 2.45) is 0 Å². The van der Waals surface area contributed by atoms with Gasteiger partial charge in [-0.25, -0.2) is 18.2 Å². The number of aromatic amines is 1. The first-order chi connectivity index (χ1) is 11.0. The minimum absolute atomic E-state index is 0.0931.